The molecule has 15 aromatic carbocycles. The van der Waals surface area contributed by atoms with Gasteiger partial charge in [-0.2, -0.15) is 0 Å². The van der Waals surface area contributed by atoms with Crippen LogP contribution in [0.2, 0.25) is 0 Å². The molecule has 446 valence electrons. The summed E-state index contributed by atoms with van der Waals surface area (Å²) < 4.78 is 7.44. The number of hydrogen-bond donors (Lipinski definition) is 0. The lowest BCUT2D eigenvalue weighted by atomic mass is 9.82. The number of para-hydroxylation sites is 2. The van der Waals surface area contributed by atoms with Gasteiger partial charge >= 0.3 is 0 Å². The van der Waals surface area contributed by atoms with E-state index in [1.807, 2.05) is 0 Å². The predicted molar refractivity (Wildman–Crippen MR) is 401 cm³/mol. The fourth-order valence-corrected chi connectivity index (χ4v) is 17.3. The highest BCUT2D eigenvalue weighted by molar-refractivity contribution is 6.22. The van der Waals surface area contributed by atoms with E-state index in [9.17, 15) is 0 Å². The van der Waals surface area contributed by atoms with Gasteiger partial charge in [-0.1, -0.05) is 240 Å². The van der Waals surface area contributed by atoms with Crippen molar-refractivity contribution in [3.8, 4) is 83.8 Å². The van der Waals surface area contributed by atoms with Crippen molar-refractivity contribution in [2.24, 2.45) is 0 Å². The van der Waals surface area contributed by atoms with Gasteiger partial charge in [0.2, 0.25) is 0 Å². The largest absolute Gasteiger partial charge is 0.309 e. The van der Waals surface area contributed by atoms with E-state index in [2.05, 4.69) is 351 Å². The highest BCUT2D eigenvalue weighted by Crippen LogP contribution is 2.52. The van der Waals surface area contributed by atoms with Gasteiger partial charge in [0.05, 0.1) is 33.1 Å². The number of nitrogens with zero attached hydrogens (tertiary/aromatic N) is 3. The SMILES string of the molecule is CC1(C)c2ccccc2-c2ccc(-n3c4ccccc4c4cc(-c5ccc6c(c5)c5cc(-c7ccc8c(c7)c7ccccc7n8-c7ccc8c(c7)C(C)(C)c7ccccc7-8)ccc5n6-c5ccc(-c6c7ccccc7c(-c7ccccc7)c7ccccc67)cc5)ccc43)cc21. The summed E-state index contributed by atoms with van der Waals surface area (Å²) in [4.78, 5) is 0. The zero-order chi connectivity index (χ0) is 63.0. The first-order valence-electron chi connectivity index (χ1n) is 33.4. The van der Waals surface area contributed by atoms with E-state index in [0.29, 0.717) is 0 Å². The van der Waals surface area contributed by atoms with Crippen LogP contribution in [0.1, 0.15) is 49.9 Å². The minimum atomic E-state index is -0.106. The van der Waals surface area contributed by atoms with E-state index < -0.39 is 0 Å². The summed E-state index contributed by atoms with van der Waals surface area (Å²) in [6, 6.07) is 117. The molecule has 0 spiro atoms. The molecule has 0 N–H and O–H groups in total. The van der Waals surface area contributed by atoms with Crippen LogP contribution in [-0.2, 0) is 10.8 Å². The Balaban J connectivity index is 0.747. The van der Waals surface area contributed by atoms with Gasteiger partial charge in [-0.15, -0.1) is 0 Å². The first-order chi connectivity index (χ1) is 46.6. The Kier molecular flexibility index (Phi) is 11.3. The minimum absolute atomic E-state index is 0.106. The second-order valence-electron chi connectivity index (χ2n) is 27.5. The van der Waals surface area contributed by atoms with Crippen molar-refractivity contribution < 1.29 is 0 Å². The van der Waals surface area contributed by atoms with Crippen LogP contribution in [-0.4, -0.2) is 13.7 Å². The van der Waals surface area contributed by atoms with Crippen molar-refractivity contribution in [1.82, 2.24) is 13.7 Å². The summed E-state index contributed by atoms with van der Waals surface area (Å²) in [7, 11) is 0. The van der Waals surface area contributed by atoms with E-state index in [4.69, 9.17) is 0 Å². The Morgan fingerprint density at radius 3 is 0.884 bits per heavy atom. The third kappa shape index (κ3) is 7.70. The normalized spacial score (nSPS) is 13.6. The average molecular weight is 1210 g/mol. The molecule has 0 saturated carbocycles. The third-order valence-corrected chi connectivity index (χ3v) is 21.8. The number of hydrogen-bond acceptors (Lipinski definition) is 0. The molecule has 0 bridgehead atoms. The summed E-state index contributed by atoms with van der Waals surface area (Å²) in [5, 5.41) is 12.4. The zero-order valence-electron chi connectivity index (χ0n) is 53.3. The summed E-state index contributed by atoms with van der Waals surface area (Å²) in [5.74, 6) is 0. The molecule has 3 nitrogen and oxygen atoms in total. The fourth-order valence-electron chi connectivity index (χ4n) is 17.3. The summed E-state index contributed by atoms with van der Waals surface area (Å²) in [5.41, 5.74) is 30.9. The monoisotopic (exact) mass is 1210 g/mol. The molecular formula is C92H63N3. The van der Waals surface area contributed by atoms with Crippen molar-refractivity contribution in [1.29, 1.82) is 0 Å². The van der Waals surface area contributed by atoms with Crippen molar-refractivity contribution in [3.05, 3.63) is 332 Å². The molecule has 2 aliphatic carbocycles. The van der Waals surface area contributed by atoms with Gasteiger partial charge in [0.25, 0.3) is 0 Å². The molecule has 3 heterocycles. The maximum Gasteiger partial charge on any atom is 0.0541 e. The lowest BCUT2D eigenvalue weighted by Gasteiger charge is -2.22. The Bertz CT molecular complexity index is 5980. The van der Waals surface area contributed by atoms with Crippen LogP contribution in [0.15, 0.2) is 309 Å². The van der Waals surface area contributed by atoms with Crippen LogP contribution in [0.5, 0.6) is 0 Å². The Morgan fingerprint density at radius 2 is 0.474 bits per heavy atom. The van der Waals surface area contributed by atoms with Crippen LogP contribution in [0, 0.1) is 0 Å². The standard InChI is InChI=1S/C92H63N3/c1-91(2)79-30-16-12-22-65(79)67-44-42-63(54-81(67)91)94-83-32-18-14-24-69(83)75-50-58(36-46-85(75)94)60-38-48-87-77(52-60)78-53-61(59-37-47-86-76(51-59)70-25-15-19-33-84(70)95(86)64-43-45-68-66-23-13-17-31-80(66)92(3,4)82(68)55-64)39-49-88(78)93(87)62-40-34-57(35-41-62)90-73-28-10-8-26-71(73)89(56-20-6-5-7-21-56)72-27-9-11-29-74(72)90/h5-55H,1-4H3. The van der Waals surface area contributed by atoms with E-state index in [0.717, 1.165) is 16.7 Å². The quantitative estimate of drug-likeness (QED) is 0.141. The van der Waals surface area contributed by atoms with E-state index >= 15 is 0 Å². The van der Waals surface area contributed by atoms with Crippen molar-refractivity contribution in [2.75, 3.05) is 0 Å². The molecule has 20 rings (SSSR count). The molecule has 2 aliphatic rings. The lowest BCUT2D eigenvalue weighted by Crippen LogP contribution is -2.15. The molecule has 0 fully saturated rings. The number of benzene rings is 15. The first kappa shape index (κ1) is 53.8. The highest BCUT2D eigenvalue weighted by Gasteiger charge is 2.37. The predicted octanol–water partition coefficient (Wildman–Crippen LogP) is 24.6. The first-order valence-corrected chi connectivity index (χ1v) is 33.4. The van der Waals surface area contributed by atoms with Gasteiger partial charge in [-0.3, -0.25) is 0 Å². The molecule has 0 unspecified atom stereocenters. The Morgan fingerprint density at radius 1 is 0.189 bits per heavy atom. The van der Waals surface area contributed by atoms with E-state index in [1.165, 1.54) is 176 Å². The van der Waals surface area contributed by atoms with Crippen molar-refractivity contribution in [3.63, 3.8) is 0 Å². The van der Waals surface area contributed by atoms with E-state index in [1.54, 1.807) is 0 Å². The summed E-state index contributed by atoms with van der Waals surface area (Å²) in [6.07, 6.45) is 0. The molecule has 0 amide bonds. The van der Waals surface area contributed by atoms with Crippen LogP contribution in [0.3, 0.4) is 0 Å². The van der Waals surface area contributed by atoms with Gasteiger partial charge in [-0.25, -0.2) is 0 Å². The topological polar surface area (TPSA) is 14.8 Å². The number of aromatic nitrogens is 3. The molecule has 0 radical (unpaired) electrons. The van der Waals surface area contributed by atoms with Gasteiger partial charge in [-0.05, 0) is 208 Å². The number of rotatable bonds is 7. The van der Waals surface area contributed by atoms with Gasteiger partial charge < -0.3 is 13.7 Å². The molecule has 0 atom stereocenters. The Labute approximate surface area is 551 Å². The summed E-state index contributed by atoms with van der Waals surface area (Å²) >= 11 is 0. The van der Waals surface area contributed by atoms with Crippen LogP contribution < -0.4 is 0 Å². The second-order valence-corrected chi connectivity index (χ2v) is 27.5. The highest BCUT2D eigenvalue weighted by atomic mass is 15.0. The maximum atomic E-state index is 2.48. The molecule has 95 heavy (non-hydrogen) atoms. The molecule has 3 aromatic heterocycles. The Hall–Kier alpha value is -11.8. The van der Waals surface area contributed by atoms with E-state index in [-0.39, 0.29) is 10.8 Å². The number of fused-ring (bicyclic) bond motifs is 17. The molecular weight excluding hydrogens is 1150 g/mol. The smallest absolute Gasteiger partial charge is 0.0541 e. The third-order valence-electron chi connectivity index (χ3n) is 21.8. The van der Waals surface area contributed by atoms with Crippen molar-refractivity contribution >= 4 is 87.0 Å². The zero-order valence-corrected chi connectivity index (χ0v) is 53.3. The fraction of sp³-hybridized carbons (Fsp3) is 0.0652. The summed E-state index contributed by atoms with van der Waals surface area (Å²) in [6.45, 7) is 9.48. The lowest BCUT2D eigenvalue weighted by molar-refractivity contribution is 0.660. The molecule has 18 aromatic rings. The van der Waals surface area contributed by atoms with Crippen LogP contribution >= 0.6 is 0 Å². The van der Waals surface area contributed by atoms with Crippen LogP contribution in [0.4, 0.5) is 0 Å². The minimum Gasteiger partial charge on any atom is -0.309 e. The van der Waals surface area contributed by atoms with Gasteiger partial charge in [0.15, 0.2) is 0 Å². The maximum absolute atomic E-state index is 2.48. The van der Waals surface area contributed by atoms with Crippen molar-refractivity contribution in [2.45, 2.75) is 38.5 Å². The average Bonchev–Trinajstić information content (AvgIpc) is 1.66. The molecule has 0 saturated heterocycles. The second kappa shape index (κ2) is 19.9. The molecule has 3 heteroatoms. The van der Waals surface area contributed by atoms with Gasteiger partial charge in [0, 0.05) is 60.2 Å². The van der Waals surface area contributed by atoms with Crippen LogP contribution in [0.25, 0.3) is 171 Å². The van der Waals surface area contributed by atoms with Gasteiger partial charge in [0.1, 0.15) is 0 Å². The molecule has 0 aliphatic heterocycles.